The Kier molecular flexibility index (Phi) is 7.76. The zero-order valence-electron chi connectivity index (χ0n) is 17.7. The van der Waals surface area contributed by atoms with Gasteiger partial charge in [-0.2, -0.15) is 0 Å². The van der Waals surface area contributed by atoms with Gasteiger partial charge in [-0.15, -0.1) is 16.8 Å². The minimum Gasteiger partial charge on any atom is -0.481 e. The highest BCUT2D eigenvalue weighted by Crippen LogP contribution is 2.30. The fourth-order valence-corrected chi connectivity index (χ4v) is 3.98. The first-order valence-electron chi connectivity index (χ1n) is 9.89. The summed E-state index contributed by atoms with van der Waals surface area (Å²) in [5, 5.41) is 12.4. The second kappa shape index (κ2) is 10.5. The molecule has 1 amide bonds. The maximum absolute atomic E-state index is 12.7. The molecule has 2 aromatic carbocycles. The number of carbonyl (C=O) groups excluding carboxylic acids is 1. The van der Waals surface area contributed by atoms with Crippen LogP contribution in [0.2, 0.25) is 5.02 Å². The van der Waals surface area contributed by atoms with Crippen LogP contribution < -0.4 is 10.1 Å². The molecule has 1 aromatic heterocycles. The molecule has 0 aliphatic carbocycles. The summed E-state index contributed by atoms with van der Waals surface area (Å²) in [4.78, 5) is 12.7. The summed E-state index contributed by atoms with van der Waals surface area (Å²) in [5.41, 5.74) is 1.81. The highest BCUT2D eigenvalue weighted by Gasteiger charge is 2.23. The van der Waals surface area contributed by atoms with Crippen LogP contribution in [-0.2, 0) is 11.3 Å². The van der Waals surface area contributed by atoms with Crippen LogP contribution in [0.4, 0.5) is 5.69 Å². The van der Waals surface area contributed by atoms with E-state index in [1.165, 1.54) is 11.8 Å². The average Bonchev–Trinajstić information content (AvgIpc) is 3.14. The Morgan fingerprint density at radius 3 is 2.65 bits per heavy atom. The van der Waals surface area contributed by atoms with E-state index in [0.29, 0.717) is 28.3 Å². The number of rotatable bonds is 9. The second-order valence-electron chi connectivity index (χ2n) is 6.99. The summed E-state index contributed by atoms with van der Waals surface area (Å²) in [6.45, 7) is 10.0. The van der Waals surface area contributed by atoms with Crippen LogP contribution >= 0.6 is 23.4 Å². The van der Waals surface area contributed by atoms with Crippen LogP contribution in [0.1, 0.15) is 31.3 Å². The summed E-state index contributed by atoms with van der Waals surface area (Å²) in [6.07, 6.45) is 1.37. The Bertz CT molecular complexity index is 1070. The Balaban J connectivity index is 1.75. The zero-order chi connectivity index (χ0) is 22.4. The number of amides is 1. The molecule has 1 N–H and O–H groups in total. The molecule has 0 fully saturated rings. The molecule has 2 atom stereocenters. The molecule has 1 heterocycles. The lowest BCUT2D eigenvalue weighted by molar-refractivity contribution is -0.115. The van der Waals surface area contributed by atoms with E-state index in [1.807, 2.05) is 61.7 Å². The maximum Gasteiger partial charge on any atom is 0.237 e. The molecule has 0 saturated carbocycles. The van der Waals surface area contributed by atoms with Crippen molar-refractivity contribution in [2.45, 2.75) is 43.8 Å². The number of anilines is 1. The molecule has 3 aromatic rings. The van der Waals surface area contributed by atoms with Crippen molar-refractivity contribution in [1.29, 1.82) is 0 Å². The first-order chi connectivity index (χ1) is 14.9. The van der Waals surface area contributed by atoms with E-state index in [-0.39, 0.29) is 11.2 Å². The van der Waals surface area contributed by atoms with E-state index in [1.54, 1.807) is 18.2 Å². The number of allylic oxidation sites excluding steroid dienone is 1. The normalized spacial score (nSPS) is 12.8. The van der Waals surface area contributed by atoms with Gasteiger partial charge in [0.05, 0.1) is 10.3 Å². The van der Waals surface area contributed by atoms with Gasteiger partial charge in [-0.1, -0.05) is 59.8 Å². The molecule has 0 bridgehead atoms. The molecule has 0 aliphatic heterocycles. The van der Waals surface area contributed by atoms with Gasteiger partial charge in [-0.3, -0.25) is 9.36 Å². The van der Waals surface area contributed by atoms with Crippen LogP contribution in [-0.4, -0.2) is 25.9 Å². The SMILES string of the molecule is C=CCn1c(SC(C)C(=O)Nc2ccccc2C)nnc1C(C)Oc1ccccc1Cl. The van der Waals surface area contributed by atoms with E-state index in [9.17, 15) is 4.79 Å². The van der Waals surface area contributed by atoms with E-state index < -0.39 is 6.10 Å². The van der Waals surface area contributed by atoms with Crippen LogP contribution in [0.25, 0.3) is 0 Å². The lowest BCUT2D eigenvalue weighted by Gasteiger charge is -2.17. The van der Waals surface area contributed by atoms with Gasteiger partial charge in [0, 0.05) is 12.2 Å². The summed E-state index contributed by atoms with van der Waals surface area (Å²) >= 11 is 7.55. The molecule has 0 radical (unpaired) electrons. The molecule has 31 heavy (non-hydrogen) atoms. The van der Waals surface area contributed by atoms with Crippen molar-refractivity contribution in [3.63, 3.8) is 0 Å². The quantitative estimate of drug-likeness (QED) is 0.331. The molecule has 162 valence electrons. The van der Waals surface area contributed by atoms with Crippen molar-refractivity contribution < 1.29 is 9.53 Å². The molecule has 0 spiro atoms. The molecule has 3 rings (SSSR count). The predicted molar refractivity (Wildman–Crippen MR) is 126 cm³/mol. The van der Waals surface area contributed by atoms with Crippen LogP contribution in [0.15, 0.2) is 66.3 Å². The summed E-state index contributed by atoms with van der Waals surface area (Å²) in [5.74, 6) is 1.10. The number of aromatic nitrogens is 3. The van der Waals surface area contributed by atoms with Gasteiger partial charge < -0.3 is 10.1 Å². The molecule has 6 nitrogen and oxygen atoms in total. The summed E-state index contributed by atoms with van der Waals surface area (Å²) in [6, 6.07) is 15.0. The minimum absolute atomic E-state index is 0.102. The predicted octanol–water partition coefficient (Wildman–Crippen LogP) is 5.69. The molecule has 0 saturated heterocycles. The van der Waals surface area contributed by atoms with E-state index in [2.05, 4.69) is 22.1 Å². The van der Waals surface area contributed by atoms with Crippen molar-refractivity contribution in [3.05, 3.63) is 77.6 Å². The Morgan fingerprint density at radius 1 is 1.23 bits per heavy atom. The van der Waals surface area contributed by atoms with Crippen LogP contribution in [0.5, 0.6) is 5.75 Å². The highest BCUT2D eigenvalue weighted by molar-refractivity contribution is 8.00. The van der Waals surface area contributed by atoms with Gasteiger partial charge in [0.1, 0.15) is 5.75 Å². The van der Waals surface area contributed by atoms with E-state index >= 15 is 0 Å². The number of para-hydroxylation sites is 2. The Labute approximate surface area is 191 Å². The van der Waals surface area contributed by atoms with Crippen molar-refractivity contribution in [1.82, 2.24) is 14.8 Å². The number of carbonyl (C=O) groups is 1. The van der Waals surface area contributed by atoms with Gasteiger partial charge in [-0.25, -0.2) is 0 Å². The smallest absolute Gasteiger partial charge is 0.237 e. The third-order valence-electron chi connectivity index (χ3n) is 4.62. The van der Waals surface area contributed by atoms with Crippen molar-refractivity contribution >= 4 is 35.0 Å². The fourth-order valence-electron chi connectivity index (χ4n) is 2.93. The number of benzene rings is 2. The molecule has 8 heteroatoms. The Morgan fingerprint density at radius 2 is 1.94 bits per heavy atom. The number of aryl methyl sites for hydroxylation is 1. The third-order valence-corrected chi connectivity index (χ3v) is 6.01. The first kappa shape index (κ1) is 22.9. The maximum atomic E-state index is 12.7. The fraction of sp³-hybridized carbons (Fsp3) is 0.261. The molecule has 0 aliphatic rings. The number of hydrogen-bond donors (Lipinski definition) is 1. The lowest BCUT2D eigenvalue weighted by Crippen LogP contribution is -2.23. The van der Waals surface area contributed by atoms with E-state index in [4.69, 9.17) is 16.3 Å². The second-order valence-corrected chi connectivity index (χ2v) is 8.71. The molecular weight excluding hydrogens is 432 g/mol. The third kappa shape index (κ3) is 5.68. The number of halogens is 1. The number of thioether (sulfide) groups is 1. The molecule has 2 unspecified atom stereocenters. The molecular formula is C23H25ClN4O2S. The Hall–Kier alpha value is -2.77. The van der Waals surface area contributed by atoms with Crippen molar-refractivity contribution in [2.24, 2.45) is 0 Å². The minimum atomic E-state index is -0.391. The first-order valence-corrected chi connectivity index (χ1v) is 11.1. The topological polar surface area (TPSA) is 69.0 Å². The van der Waals surface area contributed by atoms with Crippen LogP contribution in [0.3, 0.4) is 0 Å². The largest absolute Gasteiger partial charge is 0.481 e. The monoisotopic (exact) mass is 456 g/mol. The average molecular weight is 457 g/mol. The lowest BCUT2D eigenvalue weighted by atomic mass is 10.2. The number of hydrogen-bond acceptors (Lipinski definition) is 5. The number of ether oxygens (including phenoxy) is 1. The van der Waals surface area contributed by atoms with E-state index in [0.717, 1.165) is 11.3 Å². The summed E-state index contributed by atoms with van der Waals surface area (Å²) < 4.78 is 7.90. The standard InChI is InChI=1S/C23H25ClN4O2S/c1-5-14-28-21(16(3)30-20-13-9-7-11-18(20)24)26-27-23(28)31-17(4)22(29)25-19-12-8-6-10-15(19)2/h5-13,16-17H,1,14H2,2-4H3,(H,25,29). The van der Waals surface area contributed by atoms with Gasteiger partial charge in [0.25, 0.3) is 0 Å². The van der Waals surface area contributed by atoms with Gasteiger partial charge in [0.15, 0.2) is 17.1 Å². The number of nitrogens with zero attached hydrogens (tertiary/aromatic N) is 3. The highest BCUT2D eigenvalue weighted by atomic mass is 35.5. The van der Waals surface area contributed by atoms with Crippen molar-refractivity contribution in [3.8, 4) is 5.75 Å². The van der Waals surface area contributed by atoms with Crippen LogP contribution in [0, 0.1) is 6.92 Å². The van der Waals surface area contributed by atoms with Gasteiger partial charge >= 0.3 is 0 Å². The van der Waals surface area contributed by atoms with Crippen molar-refractivity contribution in [2.75, 3.05) is 5.32 Å². The summed E-state index contributed by atoms with van der Waals surface area (Å²) in [7, 11) is 0. The van der Waals surface area contributed by atoms with Gasteiger partial charge in [0.2, 0.25) is 5.91 Å². The number of nitrogens with one attached hydrogen (secondary N) is 1. The van der Waals surface area contributed by atoms with Gasteiger partial charge in [-0.05, 0) is 44.5 Å². The zero-order valence-corrected chi connectivity index (χ0v) is 19.3.